The summed E-state index contributed by atoms with van der Waals surface area (Å²) in [5.74, 6) is 0. The number of para-hydroxylation sites is 1. The van der Waals surface area contributed by atoms with Crippen LogP contribution in [0.15, 0.2) is 91.0 Å². The van der Waals surface area contributed by atoms with Crippen molar-refractivity contribution < 1.29 is 9.31 Å². The molecule has 7 rings (SSSR count). The normalized spacial score (nSPS) is 16.6. The number of nitriles is 1. The van der Waals surface area contributed by atoms with Crippen LogP contribution in [0.2, 0.25) is 0 Å². The van der Waals surface area contributed by atoms with Gasteiger partial charge in [-0.2, -0.15) is 5.26 Å². The van der Waals surface area contributed by atoms with Gasteiger partial charge in [0.25, 0.3) is 0 Å². The first-order valence-corrected chi connectivity index (χ1v) is 13.0. The molecule has 0 spiro atoms. The van der Waals surface area contributed by atoms with Crippen molar-refractivity contribution in [3.05, 3.63) is 96.6 Å². The fourth-order valence-electron chi connectivity index (χ4n) is 5.67. The quantitative estimate of drug-likeness (QED) is 0.193. The molecule has 0 unspecified atom stereocenters. The molecule has 0 aliphatic carbocycles. The van der Waals surface area contributed by atoms with Crippen LogP contribution in [0.3, 0.4) is 0 Å². The second-order valence-electron chi connectivity index (χ2n) is 11.2. The van der Waals surface area contributed by atoms with Crippen LogP contribution in [0, 0.1) is 11.3 Å². The maximum absolute atomic E-state index is 9.72. The highest BCUT2D eigenvalue weighted by Gasteiger charge is 2.51. The fraction of sp³-hybridized carbons (Fsp3) is 0.182. The van der Waals surface area contributed by atoms with Gasteiger partial charge in [-0.05, 0) is 91.5 Å². The van der Waals surface area contributed by atoms with Crippen molar-refractivity contribution in [2.75, 3.05) is 0 Å². The lowest BCUT2D eigenvalue weighted by Crippen LogP contribution is -2.41. The third-order valence-electron chi connectivity index (χ3n) is 8.38. The van der Waals surface area contributed by atoms with E-state index >= 15 is 0 Å². The van der Waals surface area contributed by atoms with Gasteiger partial charge in [0.1, 0.15) is 0 Å². The predicted octanol–water partition coefficient (Wildman–Crippen LogP) is 7.21. The Hall–Kier alpha value is -4.11. The molecule has 5 heteroatoms. The smallest absolute Gasteiger partial charge is 0.399 e. The highest BCUT2D eigenvalue weighted by Crippen LogP contribution is 2.42. The summed E-state index contributed by atoms with van der Waals surface area (Å²) >= 11 is 0. The molecule has 5 aromatic carbocycles. The summed E-state index contributed by atoms with van der Waals surface area (Å²) in [5, 5.41) is 14.4. The third kappa shape index (κ3) is 3.31. The molecule has 6 aromatic rings. The van der Waals surface area contributed by atoms with E-state index < -0.39 is 0 Å². The Morgan fingerprint density at radius 2 is 1.29 bits per heavy atom. The van der Waals surface area contributed by atoms with E-state index in [4.69, 9.17) is 9.31 Å². The zero-order valence-electron chi connectivity index (χ0n) is 21.9. The molecule has 2 heterocycles. The van der Waals surface area contributed by atoms with Gasteiger partial charge in [-0.1, -0.05) is 54.6 Å². The van der Waals surface area contributed by atoms with Crippen molar-refractivity contribution in [2.45, 2.75) is 38.9 Å². The predicted molar refractivity (Wildman–Crippen MR) is 155 cm³/mol. The van der Waals surface area contributed by atoms with Crippen molar-refractivity contribution in [2.24, 2.45) is 0 Å². The van der Waals surface area contributed by atoms with E-state index in [1.54, 1.807) is 0 Å². The monoisotopic (exact) mass is 494 g/mol. The molecule has 0 amide bonds. The molecular formula is C33H27BN2O2. The van der Waals surface area contributed by atoms with Gasteiger partial charge >= 0.3 is 7.12 Å². The zero-order chi connectivity index (χ0) is 26.2. The minimum Gasteiger partial charge on any atom is -0.399 e. The fourth-order valence-corrected chi connectivity index (χ4v) is 5.67. The van der Waals surface area contributed by atoms with Gasteiger partial charge in [0, 0.05) is 16.5 Å². The van der Waals surface area contributed by atoms with E-state index in [0.29, 0.717) is 5.56 Å². The molecule has 1 fully saturated rings. The van der Waals surface area contributed by atoms with Gasteiger partial charge in [0.2, 0.25) is 0 Å². The molecule has 0 N–H and O–H groups in total. The number of aromatic nitrogens is 1. The first kappa shape index (κ1) is 23.0. The summed E-state index contributed by atoms with van der Waals surface area (Å²) in [7, 11) is -0.381. The number of hydrogen-bond donors (Lipinski definition) is 0. The summed E-state index contributed by atoms with van der Waals surface area (Å²) in [5.41, 5.74) is 6.48. The second-order valence-corrected chi connectivity index (χ2v) is 11.2. The number of hydrogen-bond acceptors (Lipinski definition) is 3. The lowest BCUT2D eigenvalue weighted by molar-refractivity contribution is 0.00578. The minimum atomic E-state index is -0.381. The summed E-state index contributed by atoms with van der Waals surface area (Å²) in [6.45, 7) is 8.30. The number of nitrogens with zero attached hydrogens (tertiary/aromatic N) is 2. The zero-order valence-corrected chi connectivity index (χ0v) is 21.9. The van der Waals surface area contributed by atoms with Crippen LogP contribution >= 0.6 is 0 Å². The standard InChI is InChI=1S/C33H27BN2O2/c1-32(2)33(3,4)38-34(37-32)26-14-12-22(13-15-26)25-18-24-11-10-23-16-21(20-35)17-28-30(23)31(24)29(19-25)36(28)27-8-6-5-7-9-27/h5-19H,1-4H3. The molecule has 1 saturated heterocycles. The molecule has 0 saturated carbocycles. The molecule has 184 valence electrons. The Balaban J connectivity index is 1.40. The van der Waals surface area contributed by atoms with E-state index in [1.165, 1.54) is 16.2 Å². The van der Waals surface area contributed by atoms with Crippen LogP contribution in [0.4, 0.5) is 0 Å². The van der Waals surface area contributed by atoms with Gasteiger partial charge in [-0.3, -0.25) is 0 Å². The molecular weight excluding hydrogens is 467 g/mol. The second kappa shape index (κ2) is 7.95. The lowest BCUT2D eigenvalue weighted by Gasteiger charge is -2.32. The van der Waals surface area contributed by atoms with Crippen molar-refractivity contribution in [3.63, 3.8) is 0 Å². The molecule has 38 heavy (non-hydrogen) atoms. The van der Waals surface area contributed by atoms with E-state index in [2.05, 4.69) is 111 Å². The van der Waals surface area contributed by atoms with E-state index in [0.717, 1.165) is 38.7 Å². The molecule has 1 aromatic heterocycles. The van der Waals surface area contributed by atoms with Gasteiger partial charge in [0.05, 0.1) is 33.9 Å². The Kier molecular flexibility index (Phi) is 4.82. The first-order valence-electron chi connectivity index (χ1n) is 13.0. The van der Waals surface area contributed by atoms with Crippen molar-refractivity contribution in [1.82, 2.24) is 4.57 Å². The molecule has 0 bridgehead atoms. The van der Waals surface area contributed by atoms with Crippen molar-refractivity contribution in [3.8, 4) is 22.9 Å². The third-order valence-corrected chi connectivity index (χ3v) is 8.38. The molecule has 1 aliphatic heterocycles. The van der Waals surface area contributed by atoms with Gasteiger partial charge < -0.3 is 13.9 Å². The highest BCUT2D eigenvalue weighted by molar-refractivity contribution is 6.62. The van der Waals surface area contributed by atoms with E-state index in [1.807, 2.05) is 18.2 Å². The van der Waals surface area contributed by atoms with Crippen LogP contribution in [0.5, 0.6) is 0 Å². The largest absolute Gasteiger partial charge is 0.494 e. The summed E-state index contributed by atoms with van der Waals surface area (Å²) in [6.07, 6.45) is 0. The maximum Gasteiger partial charge on any atom is 0.494 e. The Labute approximate surface area is 222 Å². The minimum absolute atomic E-state index is 0.370. The van der Waals surface area contributed by atoms with Crippen LogP contribution in [0.1, 0.15) is 33.3 Å². The average Bonchev–Trinajstić information content (AvgIpc) is 3.37. The summed E-state index contributed by atoms with van der Waals surface area (Å²) in [4.78, 5) is 0. The van der Waals surface area contributed by atoms with Gasteiger partial charge in [-0.25, -0.2) is 0 Å². The molecule has 0 atom stereocenters. The topological polar surface area (TPSA) is 47.2 Å². The van der Waals surface area contributed by atoms with Crippen molar-refractivity contribution in [1.29, 1.82) is 5.26 Å². The lowest BCUT2D eigenvalue weighted by atomic mass is 9.78. The Morgan fingerprint density at radius 1 is 0.684 bits per heavy atom. The number of rotatable bonds is 3. The van der Waals surface area contributed by atoms with Crippen LogP contribution in [0.25, 0.3) is 49.4 Å². The van der Waals surface area contributed by atoms with Crippen LogP contribution in [-0.4, -0.2) is 22.9 Å². The molecule has 1 aliphatic rings. The summed E-state index contributed by atoms with van der Waals surface area (Å²) in [6, 6.07) is 34.1. The van der Waals surface area contributed by atoms with Crippen LogP contribution < -0.4 is 5.46 Å². The SMILES string of the molecule is CC1(C)OB(c2ccc(-c3cc4ccc5cc(C#N)cc6c5c4c(c3)n6-c3ccccc3)cc2)OC1(C)C. The Morgan fingerprint density at radius 3 is 1.92 bits per heavy atom. The van der Waals surface area contributed by atoms with Crippen molar-refractivity contribution >= 4 is 45.2 Å². The van der Waals surface area contributed by atoms with Gasteiger partial charge in [0.15, 0.2) is 0 Å². The highest BCUT2D eigenvalue weighted by atomic mass is 16.7. The average molecular weight is 494 g/mol. The maximum atomic E-state index is 9.72. The molecule has 4 nitrogen and oxygen atoms in total. The van der Waals surface area contributed by atoms with Gasteiger partial charge in [-0.15, -0.1) is 0 Å². The first-order chi connectivity index (χ1) is 18.3. The Bertz CT molecular complexity index is 1860. The molecule has 0 radical (unpaired) electrons. The number of benzene rings is 5. The summed E-state index contributed by atoms with van der Waals surface area (Å²) < 4.78 is 14.8. The van der Waals surface area contributed by atoms with E-state index in [9.17, 15) is 5.26 Å². The van der Waals surface area contributed by atoms with E-state index in [-0.39, 0.29) is 18.3 Å². The van der Waals surface area contributed by atoms with Crippen LogP contribution in [-0.2, 0) is 9.31 Å².